The van der Waals surface area contributed by atoms with Gasteiger partial charge in [-0.2, -0.15) is 4.37 Å². The van der Waals surface area contributed by atoms with Crippen molar-refractivity contribution in [3.05, 3.63) is 41.2 Å². The fourth-order valence-corrected chi connectivity index (χ4v) is 2.21. The van der Waals surface area contributed by atoms with Crippen molar-refractivity contribution >= 4 is 16.7 Å². The van der Waals surface area contributed by atoms with Gasteiger partial charge in [0.1, 0.15) is 5.82 Å². The smallest absolute Gasteiger partial charge is 0.202 e. The minimum atomic E-state index is 0.661. The van der Waals surface area contributed by atoms with Crippen LogP contribution in [0.15, 0.2) is 24.3 Å². The molecule has 18 heavy (non-hydrogen) atoms. The van der Waals surface area contributed by atoms with Gasteiger partial charge in [0.05, 0.1) is 6.61 Å². The zero-order valence-corrected chi connectivity index (χ0v) is 11.5. The number of benzene rings is 1. The number of aromatic nitrogens is 2. The van der Waals surface area contributed by atoms with Crippen molar-refractivity contribution in [1.29, 1.82) is 0 Å². The van der Waals surface area contributed by atoms with Crippen LogP contribution in [-0.2, 0) is 17.7 Å². The topological polar surface area (TPSA) is 47.0 Å². The van der Waals surface area contributed by atoms with Crippen molar-refractivity contribution < 1.29 is 4.74 Å². The number of hydrogen-bond acceptors (Lipinski definition) is 5. The highest BCUT2D eigenvalue weighted by Crippen LogP contribution is 2.14. The Morgan fingerprint density at radius 1 is 1.33 bits per heavy atom. The van der Waals surface area contributed by atoms with E-state index >= 15 is 0 Å². The number of ether oxygens (including phenoxy) is 1. The molecule has 4 nitrogen and oxygen atoms in total. The van der Waals surface area contributed by atoms with E-state index in [-0.39, 0.29) is 0 Å². The Bertz CT molecular complexity index is 498. The van der Waals surface area contributed by atoms with Crippen molar-refractivity contribution in [3.8, 4) is 0 Å². The van der Waals surface area contributed by atoms with Crippen molar-refractivity contribution in [2.75, 3.05) is 19.0 Å². The molecule has 0 radical (unpaired) electrons. The number of nitrogens with zero attached hydrogens (tertiary/aromatic N) is 2. The van der Waals surface area contributed by atoms with Gasteiger partial charge in [0.2, 0.25) is 5.13 Å². The maximum Gasteiger partial charge on any atom is 0.202 e. The quantitative estimate of drug-likeness (QED) is 0.870. The highest BCUT2D eigenvalue weighted by atomic mass is 32.1. The van der Waals surface area contributed by atoms with Crippen LogP contribution in [0.3, 0.4) is 0 Å². The van der Waals surface area contributed by atoms with Crippen molar-refractivity contribution in [2.45, 2.75) is 19.9 Å². The number of methoxy groups -OCH3 is 1. The minimum Gasteiger partial charge on any atom is -0.384 e. The number of hydrogen-bond donors (Lipinski definition) is 1. The van der Waals surface area contributed by atoms with E-state index in [0.29, 0.717) is 6.61 Å². The van der Waals surface area contributed by atoms with Crippen molar-refractivity contribution in [2.24, 2.45) is 0 Å². The molecule has 0 spiro atoms. The monoisotopic (exact) mass is 263 g/mol. The summed E-state index contributed by atoms with van der Waals surface area (Å²) in [6, 6.07) is 8.33. The molecule has 1 heterocycles. The van der Waals surface area contributed by atoms with Crippen LogP contribution in [0.4, 0.5) is 5.13 Å². The number of anilines is 1. The maximum atomic E-state index is 5.00. The van der Waals surface area contributed by atoms with E-state index < -0.39 is 0 Å². The molecule has 0 aliphatic carbocycles. The van der Waals surface area contributed by atoms with Crippen molar-refractivity contribution in [3.63, 3.8) is 0 Å². The van der Waals surface area contributed by atoms with E-state index in [1.165, 1.54) is 22.7 Å². The first-order valence-electron chi connectivity index (χ1n) is 5.89. The van der Waals surface area contributed by atoms with Gasteiger partial charge in [-0.15, -0.1) is 0 Å². The second-order valence-corrected chi connectivity index (χ2v) is 4.79. The van der Waals surface area contributed by atoms with Gasteiger partial charge in [0, 0.05) is 31.6 Å². The number of nitrogens with one attached hydrogen (secondary N) is 1. The Labute approximate surface area is 111 Å². The van der Waals surface area contributed by atoms with E-state index in [0.717, 1.165) is 23.9 Å². The number of rotatable bonds is 6. The predicted molar refractivity (Wildman–Crippen MR) is 74.0 cm³/mol. The van der Waals surface area contributed by atoms with Crippen LogP contribution in [0.2, 0.25) is 0 Å². The molecule has 0 aliphatic heterocycles. The maximum absolute atomic E-state index is 5.00. The molecule has 0 unspecified atom stereocenters. The van der Waals surface area contributed by atoms with Crippen LogP contribution < -0.4 is 5.32 Å². The Morgan fingerprint density at radius 2 is 2.17 bits per heavy atom. The molecule has 0 saturated carbocycles. The Kier molecular flexibility index (Phi) is 4.66. The van der Waals surface area contributed by atoms with Crippen LogP contribution in [-0.4, -0.2) is 23.1 Å². The van der Waals surface area contributed by atoms with E-state index in [1.54, 1.807) is 7.11 Å². The lowest BCUT2D eigenvalue weighted by Gasteiger charge is -2.05. The highest BCUT2D eigenvalue weighted by Gasteiger charge is 2.04. The molecule has 1 aromatic carbocycles. The fourth-order valence-electron chi connectivity index (χ4n) is 1.60. The summed E-state index contributed by atoms with van der Waals surface area (Å²) in [7, 11) is 1.68. The summed E-state index contributed by atoms with van der Waals surface area (Å²) < 4.78 is 9.28. The van der Waals surface area contributed by atoms with Crippen LogP contribution >= 0.6 is 11.5 Å². The van der Waals surface area contributed by atoms with E-state index in [4.69, 9.17) is 4.74 Å². The molecule has 1 aromatic heterocycles. The molecular weight excluding hydrogens is 246 g/mol. The van der Waals surface area contributed by atoms with E-state index in [2.05, 4.69) is 33.7 Å². The molecule has 0 amide bonds. The Balaban J connectivity index is 1.90. The molecule has 1 N–H and O–H groups in total. The van der Waals surface area contributed by atoms with Crippen LogP contribution in [0.5, 0.6) is 0 Å². The zero-order chi connectivity index (χ0) is 12.8. The third-order valence-electron chi connectivity index (χ3n) is 2.69. The van der Waals surface area contributed by atoms with Crippen LogP contribution in [0.1, 0.15) is 17.0 Å². The molecule has 96 valence electrons. The molecule has 0 aliphatic rings. The summed E-state index contributed by atoms with van der Waals surface area (Å²) in [4.78, 5) is 4.41. The molecule has 0 atom stereocenters. The van der Waals surface area contributed by atoms with E-state index in [1.807, 2.05) is 12.1 Å². The lowest BCUT2D eigenvalue weighted by molar-refractivity contribution is 0.201. The van der Waals surface area contributed by atoms with Gasteiger partial charge < -0.3 is 10.1 Å². The predicted octanol–water partition coefficient (Wildman–Crippen LogP) is 2.65. The second-order valence-electron chi connectivity index (χ2n) is 4.04. The Hall–Kier alpha value is -1.46. The van der Waals surface area contributed by atoms with Gasteiger partial charge in [-0.05, 0) is 18.1 Å². The standard InChI is InChI=1S/C13H17N3OS/c1-10-5-3-4-6-11(10)9-14-13-15-12(16-18-13)7-8-17-2/h3-6H,7-9H2,1-2H3,(H,14,15,16). The second kappa shape index (κ2) is 6.47. The first kappa shape index (κ1) is 13.0. The van der Waals surface area contributed by atoms with Crippen LogP contribution in [0.25, 0.3) is 0 Å². The molecule has 0 bridgehead atoms. The lowest BCUT2D eigenvalue weighted by atomic mass is 10.1. The number of aryl methyl sites for hydroxylation is 1. The van der Waals surface area contributed by atoms with Gasteiger partial charge in [-0.3, -0.25) is 0 Å². The summed E-state index contributed by atoms with van der Waals surface area (Å²) in [5, 5.41) is 4.17. The Morgan fingerprint density at radius 3 is 2.94 bits per heavy atom. The van der Waals surface area contributed by atoms with Gasteiger partial charge >= 0.3 is 0 Å². The molecular formula is C13H17N3OS. The molecule has 5 heteroatoms. The zero-order valence-electron chi connectivity index (χ0n) is 10.6. The molecule has 0 fully saturated rings. The summed E-state index contributed by atoms with van der Waals surface area (Å²) in [6.45, 7) is 3.56. The largest absolute Gasteiger partial charge is 0.384 e. The normalized spacial score (nSPS) is 10.6. The SMILES string of the molecule is COCCc1nsc(NCc2ccccc2C)n1. The average Bonchev–Trinajstić information content (AvgIpc) is 2.83. The third-order valence-corrected chi connectivity index (χ3v) is 3.40. The van der Waals surface area contributed by atoms with E-state index in [9.17, 15) is 0 Å². The average molecular weight is 263 g/mol. The summed E-state index contributed by atoms with van der Waals surface area (Å²) >= 11 is 1.40. The molecule has 2 aromatic rings. The van der Waals surface area contributed by atoms with Gasteiger partial charge in [-0.25, -0.2) is 4.98 Å². The van der Waals surface area contributed by atoms with Crippen LogP contribution in [0, 0.1) is 6.92 Å². The molecule has 2 rings (SSSR count). The highest BCUT2D eigenvalue weighted by molar-refractivity contribution is 7.09. The molecule has 0 saturated heterocycles. The summed E-state index contributed by atoms with van der Waals surface area (Å²) in [5.74, 6) is 0.842. The fraction of sp³-hybridized carbons (Fsp3) is 0.385. The third kappa shape index (κ3) is 3.51. The van der Waals surface area contributed by atoms with Gasteiger partial charge in [-0.1, -0.05) is 24.3 Å². The van der Waals surface area contributed by atoms with Crippen molar-refractivity contribution in [1.82, 2.24) is 9.36 Å². The first-order valence-corrected chi connectivity index (χ1v) is 6.67. The van der Waals surface area contributed by atoms with Gasteiger partial charge in [0.25, 0.3) is 0 Å². The minimum absolute atomic E-state index is 0.661. The van der Waals surface area contributed by atoms with Gasteiger partial charge in [0.15, 0.2) is 0 Å². The summed E-state index contributed by atoms with van der Waals surface area (Å²) in [6.07, 6.45) is 0.763. The lowest BCUT2D eigenvalue weighted by Crippen LogP contribution is -2.01. The first-order chi connectivity index (χ1) is 8.79. The summed E-state index contributed by atoms with van der Waals surface area (Å²) in [5.41, 5.74) is 2.57.